The van der Waals surface area contributed by atoms with Crippen LogP contribution in [0.3, 0.4) is 0 Å². The first kappa shape index (κ1) is 16.6. The second-order valence-corrected chi connectivity index (χ2v) is 6.59. The first-order chi connectivity index (χ1) is 9.17. The van der Waals surface area contributed by atoms with Gasteiger partial charge in [0.2, 0.25) is 0 Å². The van der Waals surface area contributed by atoms with Gasteiger partial charge in [0, 0.05) is 18.4 Å². The normalized spacial score (nSPS) is 13.1. The molecule has 1 aromatic heterocycles. The second-order valence-electron chi connectivity index (χ2n) is 5.49. The zero-order valence-electron chi connectivity index (χ0n) is 12.9. The molecule has 1 atom stereocenters. The van der Waals surface area contributed by atoms with E-state index in [1.54, 1.807) is 0 Å². The van der Waals surface area contributed by atoms with Gasteiger partial charge in [-0.05, 0) is 25.8 Å². The fourth-order valence-corrected chi connectivity index (χ4v) is 3.22. The van der Waals surface area contributed by atoms with Crippen LogP contribution in [0.4, 0.5) is 0 Å². The van der Waals surface area contributed by atoms with Crippen LogP contribution in [0.5, 0.6) is 0 Å². The lowest BCUT2D eigenvalue weighted by atomic mass is 10.0. The van der Waals surface area contributed by atoms with Gasteiger partial charge in [0.25, 0.3) is 0 Å². The number of unbranched alkanes of at least 4 members (excludes halogenated alkanes) is 1. The summed E-state index contributed by atoms with van der Waals surface area (Å²) in [4.78, 5) is 0. The quantitative estimate of drug-likeness (QED) is 0.655. The predicted octanol–water partition coefficient (Wildman–Crippen LogP) is 4.15. The summed E-state index contributed by atoms with van der Waals surface area (Å²) in [5.74, 6) is 0.625. The van der Waals surface area contributed by atoms with Crippen molar-refractivity contribution in [2.24, 2.45) is 0 Å². The summed E-state index contributed by atoms with van der Waals surface area (Å²) in [7, 11) is 0. The number of nitrogens with one attached hydrogen (secondary N) is 1. The van der Waals surface area contributed by atoms with Crippen LogP contribution < -0.4 is 5.32 Å². The van der Waals surface area contributed by atoms with Crippen molar-refractivity contribution in [3.8, 4) is 0 Å². The smallest absolute Gasteiger partial charge is 0.120 e. The lowest BCUT2D eigenvalue weighted by molar-refractivity contribution is 0.561. The van der Waals surface area contributed by atoms with Gasteiger partial charge in [-0.3, -0.25) is 0 Å². The molecule has 0 saturated carbocycles. The van der Waals surface area contributed by atoms with Crippen molar-refractivity contribution in [3.63, 3.8) is 0 Å². The average Bonchev–Trinajstić information content (AvgIpc) is 2.84. The van der Waals surface area contributed by atoms with Gasteiger partial charge >= 0.3 is 0 Å². The Morgan fingerprint density at radius 2 is 1.95 bits per heavy atom. The van der Waals surface area contributed by atoms with Crippen LogP contribution in [0.1, 0.15) is 75.7 Å². The summed E-state index contributed by atoms with van der Waals surface area (Å²) in [6.07, 6.45) is 7.22. The highest BCUT2D eigenvalue weighted by atomic mass is 32.1. The Bertz CT molecular complexity index is 336. The van der Waals surface area contributed by atoms with E-state index in [-0.39, 0.29) is 0 Å². The van der Waals surface area contributed by atoms with Crippen LogP contribution in [0.15, 0.2) is 0 Å². The van der Waals surface area contributed by atoms with E-state index in [0.29, 0.717) is 12.0 Å². The molecule has 1 unspecified atom stereocenters. The van der Waals surface area contributed by atoms with Gasteiger partial charge in [-0.25, -0.2) is 0 Å². The molecular formula is C15H29N3S. The summed E-state index contributed by atoms with van der Waals surface area (Å²) < 4.78 is 0. The van der Waals surface area contributed by atoms with Gasteiger partial charge < -0.3 is 5.32 Å². The molecule has 19 heavy (non-hydrogen) atoms. The zero-order chi connectivity index (χ0) is 14.1. The number of aryl methyl sites for hydroxylation is 1. The van der Waals surface area contributed by atoms with Crippen molar-refractivity contribution in [2.45, 2.75) is 78.2 Å². The molecular weight excluding hydrogens is 254 g/mol. The Balaban J connectivity index is 2.37. The molecule has 0 bridgehead atoms. The Morgan fingerprint density at radius 3 is 2.58 bits per heavy atom. The third-order valence-corrected chi connectivity index (χ3v) is 4.50. The van der Waals surface area contributed by atoms with Gasteiger partial charge in [0.1, 0.15) is 10.0 Å². The molecule has 1 N–H and O–H groups in total. The minimum Gasteiger partial charge on any atom is -0.315 e. The summed E-state index contributed by atoms with van der Waals surface area (Å²) in [5, 5.41) is 14.7. The SMILES string of the molecule is CCCCC(CC)c1nnc(CCCNC(C)C)s1. The molecule has 1 heterocycles. The summed E-state index contributed by atoms with van der Waals surface area (Å²) >= 11 is 1.82. The van der Waals surface area contributed by atoms with Crippen LogP contribution >= 0.6 is 11.3 Å². The van der Waals surface area contributed by atoms with Crippen LogP contribution in [-0.2, 0) is 6.42 Å². The Kier molecular flexibility index (Phi) is 8.22. The first-order valence-corrected chi connectivity index (χ1v) is 8.54. The van der Waals surface area contributed by atoms with Crippen LogP contribution in [0.2, 0.25) is 0 Å². The fourth-order valence-electron chi connectivity index (χ4n) is 2.12. The molecule has 0 aliphatic carbocycles. The fraction of sp³-hybridized carbons (Fsp3) is 0.867. The molecule has 0 aliphatic rings. The average molecular weight is 283 g/mol. The van der Waals surface area contributed by atoms with Gasteiger partial charge in [-0.15, -0.1) is 21.5 Å². The molecule has 3 nitrogen and oxygen atoms in total. The first-order valence-electron chi connectivity index (χ1n) is 7.73. The van der Waals surface area contributed by atoms with E-state index in [2.05, 4.69) is 43.2 Å². The molecule has 0 saturated heterocycles. The van der Waals surface area contributed by atoms with E-state index in [1.165, 1.54) is 35.7 Å². The zero-order valence-corrected chi connectivity index (χ0v) is 13.7. The van der Waals surface area contributed by atoms with Crippen molar-refractivity contribution in [1.29, 1.82) is 0 Å². The molecule has 0 amide bonds. The monoisotopic (exact) mass is 283 g/mol. The maximum Gasteiger partial charge on any atom is 0.120 e. The molecule has 0 fully saturated rings. The number of nitrogens with zero attached hydrogens (tertiary/aromatic N) is 2. The van der Waals surface area contributed by atoms with E-state index in [4.69, 9.17) is 0 Å². The van der Waals surface area contributed by atoms with E-state index < -0.39 is 0 Å². The number of rotatable bonds is 10. The molecule has 0 aromatic carbocycles. The van der Waals surface area contributed by atoms with Crippen LogP contribution in [0.25, 0.3) is 0 Å². The summed E-state index contributed by atoms with van der Waals surface area (Å²) in [6.45, 7) is 9.94. The lowest BCUT2D eigenvalue weighted by Gasteiger charge is -2.09. The minimum absolute atomic E-state index is 0.573. The highest BCUT2D eigenvalue weighted by Gasteiger charge is 2.14. The molecule has 0 spiro atoms. The molecule has 0 aliphatic heterocycles. The summed E-state index contributed by atoms with van der Waals surface area (Å²) in [5.41, 5.74) is 0. The molecule has 0 radical (unpaired) electrons. The number of hydrogen-bond donors (Lipinski definition) is 1. The second kappa shape index (κ2) is 9.43. The highest BCUT2D eigenvalue weighted by molar-refractivity contribution is 7.11. The minimum atomic E-state index is 0.573. The van der Waals surface area contributed by atoms with E-state index >= 15 is 0 Å². The van der Waals surface area contributed by atoms with E-state index in [1.807, 2.05) is 11.3 Å². The molecule has 110 valence electrons. The molecule has 1 rings (SSSR count). The predicted molar refractivity (Wildman–Crippen MR) is 83.9 cm³/mol. The largest absolute Gasteiger partial charge is 0.315 e. The van der Waals surface area contributed by atoms with Gasteiger partial charge in [0.15, 0.2) is 0 Å². The van der Waals surface area contributed by atoms with E-state index in [9.17, 15) is 0 Å². The van der Waals surface area contributed by atoms with Crippen molar-refractivity contribution in [2.75, 3.05) is 6.54 Å². The topological polar surface area (TPSA) is 37.8 Å². The van der Waals surface area contributed by atoms with Crippen LogP contribution in [0, 0.1) is 0 Å². The number of aromatic nitrogens is 2. The Labute approximate surface area is 122 Å². The maximum absolute atomic E-state index is 4.40. The highest BCUT2D eigenvalue weighted by Crippen LogP contribution is 2.28. The maximum atomic E-state index is 4.40. The third-order valence-electron chi connectivity index (χ3n) is 3.35. The molecule has 1 aromatic rings. The molecule has 4 heteroatoms. The standard InChI is InChI=1S/C15H29N3S/c1-5-7-9-13(6-2)15-18-17-14(19-15)10-8-11-16-12(3)4/h12-13,16H,5-11H2,1-4H3. The number of hydrogen-bond acceptors (Lipinski definition) is 4. The Morgan fingerprint density at radius 1 is 1.16 bits per heavy atom. The van der Waals surface area contributed by atoms with E-state index in [0.717, 1.165) is 19.4 Å². The Hall–Kier alpha value is -0.480. The lowest BCUT2D eigenvalue weighted by Crippen LogP contribution is -2.23. The van der Waals surface area contributed by atoms with Gasteiger partial charge in [-0.1, -0.05) is 40.5 Å². The van der Waals surface area contributed by atoms with Crippen molar-refractivity contribution in [3.05, 3.63) is 10.0 Å². The van der Waals surface area contributed by atoms with Crippen LogP contribution in [-0.4, -0.2) is 22.8 Å². The van der Waals surface area contributed by atoms with Gasteiger partial charge in [0.05, 0.1) is 0 Å². The van der Waals surface area contributed by atoms with Crippen molar-refractivity contribution < 1.29 is 0 Å². The van der Waals surface area contributed by atoms with Crippen molar-refractivity contribution >= 4 is 11.3 Å². The van der Waals surface area contributed by atoms with Gasteiger partial charge in [-0.2, -0.15) is 0 Å². The third kappa shape index (κ3) is 6.48. The van der Waals surface area contributed by atoms with Crippen molar-refractivity contribution in [1.82, 2.24) is 15.5 Å². The summed E-state index contributed by atoms with van der Waals surface area (Å²) in [6, 6.07) is 0.573.